The van der Waals surface area contributed by atoms with Gasteiger partial charge in [-0.1, -0.05) is 42.5 Å². The molecular formula is C33H39N3O6S. The van der Waals surface area contributed by atoms with Crippen LogP contribution in [0.1, 0.15) is 46.5 Å². The standard InChI is InChI=1S/C33H39N3O6S/c1-20-9-6-7-10-23(20)18-34-31(40)29-33(3,4)43-19-36(29)32(41)28(38)26(17-22-13-15-24(42-5)16-14-22)35-30(39)25-11-8-12-27(37)21(25)2/h6-16,26,28-29,37-38H,17-19H2,1-5H3,(H,34,40)(H,35,39)/t26-,28-,29+/m0/s1. The fraction of sp³-hybridized carbons (Fsp3) is 0.364. The van der Waals surface area contributed by atoms with Crippen LogP contribution in [0.4, 0.5) is 0 Å². The molecule has 4 N–H and O–H groups in total. The lowest BCUT2D eigenvalue weighted by molar-refractivity contribution is -0.147. The molecule has 0 spiro atoms. The number of nitrogens with one attached hydrogen (secondary N) is 2. The molecule has 228 valence electrons. The number of carbonyl (C=O) groups excluding carboxylic acids is 3. The molecule has 0 radical (unpaired) electrons. The number of methoxy groups -OCH3 is 1. The van der Waals surface area contributed by atoms with E-state index in [0.717, 1.165) is 16.7 Å². The van der Waals surface area contributed by atoms with Crippen molar-refractivity contribution >= 4 is 29.5 Å². The highest BCUT2D eigenvalue weighted by Gasteiger charge is 2.49. The quantitative estimate of drug-likeness (QED) is 0.277. The molecule has 10 heteroatoms. The number of hydrogen-bond acceptors (Lipinski definition) is 7. The van der Waals surface area contributed by atoms with Crippen molar-refractivity contribution in [1.29, 1.82) is 0 Å². The predicted octanol–water partition coefficient (Wildman–Crippen LogP) is 3.72. The molecule has 0 bridgehead atoms. The summed E-state index contributed by atoms with van der Waals surface area (Å²) in [6, 6.07) is 17.6. The van der Waals surface area contributed by atoms with Crippen LogP contribution in [0.2, 0.25) is 0 Å². The average Bonchev–Trinajstić information content (AvgIpc) is 3.31. The zero-order valence-corrected chi connectivity index (χ0v) is 25.9. The minimum absolute atomic E-state index is 0.0353. The molecule has 1 aliphatic heterocycles. The third-order valence-corrected chi connectivity index (χ3v) is 9.28. The molecule has 1 saturated heterocycles. The number of aromatic hydroxyl groups is 1. The number of phenols is 1. The van der Waals surface area contributed by atoms with Gasteiger partial charge in [0.05, 0.1) is 19.0 Å². The Morgan fingerprint density at radius 1 is 1.05 bits per heavy atom. The molecule has 3 atom stereocenters. The Hall–Kier alpha value is -4.02. The fourth-order valence-corrected chi connectivity index (χ4v) is 6.36. The Bertz CT molecular complexity index is 1480. The molecule has 1 aliphatic rings. The van der Waals surface area contributed by atoms with Gasteiger partial charge in [0.15, 0.2) is 6.10 Å². The van der Waals surface area contributed by atoms with Crippen molar-refractivity contribution in [2.24, 2.45) is 0 Å². The first-order valence-electron chi connectivity index (χ1n) is 14.1. The van der Waals surface area contributed by atoms with Gasteiger partial charge in [0, 0.05) is 22.4 Å². The van der Waals surface area contributed by atoms with Gasteiger partial charge >= 0.3 is 0 Å². The number of rotatable bonds is 10. The van der Waals surface area contributed by atoms with Crippen LogP contribution in [0.25, 0.3) is 0 Å². The van der Waals surface area contributed by atoms with Crippen LogP contribution < -0.4 is 15.4 Å². The molecule has 0 saturated carbocycles. The van der Waals surface area contributed by atoms with Crippen LogP contribution in [0, 0.1) is 13.8 Å². The third kappa shape index (κ3) is 7.32. The highest BCUT2D eigenvalue weighted by atomic mass is 32.2. The lowest BCUT2D eigenvalue weighted by Gasteiger charge is -2.33. The van der Waals surface area contributed by atoms with E-state index < -0.39 is 34.7 Å². The van der Waals surface area contributed by atoms with Crippen LogP contribution >= 0.6 is 11.8 Å². The monoisotopic (exact) mass is 605 g/mol. The molecule has 1 heterocycles. The molecule has 9 nitrogen and oxygen atoms in total. The van der Waals surface area contributed by atoms with Crippen LogP contribution in [-0.2, 0) is 22.6 Å². The molecule has 43 heavy (non-hydrogen) atoms. The summed E-state index contributed by atoms with van der Waals surface area (Å²) in [6.07, 6.45) is -1.51. The van der Waals surface area contributed by atoms with E-state index in [-0.39, 0.29) is 29.5 Å². The van der Waals surface area contributed by atoms with Crippen LogP contribution in [0.5, 0.6) is 11.5 Å². The summed E-state index contributed by atoms with van der Waals surface area (Å²) >= 11 is 1.45. The maximum absolute atomic E-state index is 13.9. The number of aryl methyl sites for hydroxylation is 1. The van der Waals surface area contributed by atoms with E-state index in [9.17, 15) is 24.6 Å². The highest BCUT2D eigenvalue weighted by molar-refractivity contribution is 8.00. The van der Waals surface area contributed by atoms with Crippen molar-refractivity contribution in [1.82, 2.24) is 15.5 Å². The number of amides is 3. The van der Waals surface area contributed by atoms with Gasteiger partial charge in [0.25, 0.3) is 11.8 Å². The summed E-state index contributed by atoms with van der Waals surface area (Å²) < 4.78 is 4.63. The van der Waals surface area contributed by atoms with Gasteiger partial charge in [-0.2, -0.15) is 0 Å². The Morgan fingerprint density at radius 2 is 1.74 bits per heavy atom. The van der Waals surface area contributed by atoms with E-state index >= 15 is 0 Å². The Labute approximate surface area is 256 Å². The molecule has 4 rings (SSSR count). The van der Waals surface area contributed by atoms with Gasteiger partial charge in [-0.15, -0.1) is 11.8 Å². The summed E-state index contributed by atoms with van der Waals surface area (Å²) in [5.74, 6) is -0.688. The van der Waals surface area contributed by atoms with Gasteiger partial charge in [0.2, 0.25) is 5.91 Å². The first kappa shape index (κ1) is 31.9. The summed E-state index contributed by atoms with van der Waals surface area (Å²) in [5, 5.41) is 27.4. The van der Waals surface area contributed by atoms with Crippen molar-refractivity contribution < 1.29 is 29.3 Å². The van der Waals surface area contributed by atoms with Crippen molar-refractivity contribution in [2.75, 3.05) is 13.0 Å². The second-order valence-electron chi connectivity index (χ2n) is 11.3. The minimum Gasteiger partial charge on any atom is -0.508 e. The molecule has 0 aromatic heterocycles. The van der Waals surface area contributed by atoms with Crippen molar-refractivity contribution in [2.45, 2.75) is 63.6 Å². The summed E-state index contributed by atoms with van der Waals surface area (Å²) in [4.78, 5) is 42.2. The van der Waals surface area contributed by atoms with Gasteiger partial charge in [-0.3, -0.25) is 14.4 Å². The van der Waals surface area contributed by atoms with Crippen LogP contribution in [-0.4, -0.2) is 68.8 Å². The van der Waals surface area contributed by atoms with Crippen LogP contribution in [0.15, 0.2) is 66.7 Å². The number of nitrogens with zero attached hydrogens (tertiary/aromatic N) is 1. The molecule has 3 aromatic carbocycles. The molecule has 3 aromatic rings. The number of aliphatic hydroxyl groups excluding tert-OH is 1. The summed E-state index contributed by atoms with van der Waals surface area (Å²) in [7, 11) is 1.56. The minimum atomic E-state index is -1.65. The zero-order valence-electron chi connectivity index (χ0n) is 25.1. The SMILES string of the molecule is COc1ccc(C[C@H](NC(=O)c2cccc(O)c2C)[C@H](O)C(=O)N2CSC(C)(C)[C@H]2C(=O)NCc2ccccc2C)cc1. The maximum atomic E-state index is 13.9. The van der Waals surface area contributed by atoms with E-state index in [1.807, 2.05) is 45.0 Å². The van der Waals surface area contributed by atoms with Crippen molar-refractivity contribution in [3.8, 4) is 11.5 Å². The normalized spacial score (nSPS) is 17.2. The van der Waals surface area contributed by atoms with Crippen molar-refractivity contribution in [3.05, 3.63) is 94.5 Å². The Morgan fingerprint density at radius 3 is 2.42 bits per heavy atom. The lowest BCUT2D eigenvalue weighted by Crippen LogP contribution is -2.58. The number of ether oxygens (including phenoxy) is 1. The van der Waals surface area contributed by atoms with E-state index in [1.165, 1.54) is 22.7 Å². The molecule has 0 aliphatic carbocycles. The lowest BCUT2D eigenvalue weighted by atomic mass is 9.96. The molecule has 3 amide bonds. The number of thioether (sulfide) groups is 1. The second-order valence-corrected chi connectivity index (χ2v) is 12.9. The van der Waals surface area contributed by atoms with Crippen LogP contribution in [0.3, 0.4) is 0 Å². The summed E-state index contributed by atoms with van der Waals surface area (Å²) in [6.45, 7) is 7.70. The number of benzene rings is 3. The number of phenolic OH excluding ortho intramolecular Hbond substituents is 1. The topological polar surface area (TPSA) is 128 Å². The van der Waals surface area contributed by atoms with Crippen molar-refractivity contribution in [3.63, 3.8) is 0 Å². The van der Waals surface area contributed by atoms with E-state index in [1.54, 1.807) is 50.4 Å². The Kier molecular flexibility index (Phi) is 10.0. The number of aliphatic hydroxyl groups is 1. The van der Waals surface area contributed by atoms with E-state index in [2.05, 4.69) is 10.6 Å². The van der Waals surface area contributed by atoms with Gasteiger partial charge in [-0.25, -0.2) is 0 Å². The third-order valence-electron chi connectivity index (χ3n) is 7.91. The number of carbonyl (C=O) groups is 3. The highest BCUT2D eigenvalue weighted by Crippen LogP contribution is 2.40. The Balaban J connectivity index is 1.58. The molecule has 0 unspecified atom stereocenters. The predicted molar refractivity (Wildman–Crippen MR) is 167 cm³/mol. The van der Waals surface area contributed by atoms with E-state index in [4.69, 9.17) is 4.74 Å². The smallest absolute Gasteiger partial charge is 0.254 e. The average molecular weight is 606 g/mol. The number of hydrogen-bond donors (Lipinski definition) is 4. The molecule has 1 fully saturated rings. The molecular weight excluding hydrogens is 566 g/mol. The second kappa shape index (κ2) is 13.5. The summed E-state index contributed by atoms with van der Waals surface area (Å²) in [5.41, 5.74) is 3.39. The largest absolute Gasteiger partial charge is 0.508 e. The van der Waals surface area contributed by atoms with Gasteiger partial charge < -0.3 is 30.5 Å². The van der Waals surface area contributed by atoms with E-state index in [0.29, 0.717) is 17.9 Å². The van der Waals surface area contributed by atoms with Gasteiger partial charge in [-0.05, 0) is 75.1 Å². The fourth-order valence-electron chi connectivity index (χ4n) is 5.21. The first-order chi connectivity index (χ1) is 20.4. The zero-order chi connectivity index (χ0) is 31.3. The van der Waals surface area contributed by atoms with Gasteiger partial charge in [0.1, 0.15) is 17.5 Å². The first-order valence-corrected chi connectivity index (χ1v) is 15.1. The maximum Gasteiger partial charge on any atom is 0.254 e.